The first-order chi connectivity index (χ1) is 8.93. The Labute approximate surface area is 117 Å². The highest BCUT2D eigenvalue weighted by Gasteiger charge is 2.17. The van der Waals surface area contributed by atoms with Crippen molar-refractivity contribution in [3.63, 3.8) is 0 Å². The first kappa shape index (κ1) is 13.4. The average molecular weight is 325 g/mol. The SMILES string of the molecule is Cc1nn(C)c(Oc2cc(F)c(Br)cc2N)c1C#N. The minimum absolute atomic E-state index is 0.139. The van der Waals surface area contributed by atoms with E-state index >= 15 is 0 Å². The number of benzene rings is 1. The predicted molar refractivity (Wildman–Crippen MR) is 71.2 cm³/mol. The molecule has 0 atom stereocenters. The second-order valence-corrected chi connectivity index (χ2v) is 4.76. The monoisotopic (exact) mass is 324 g/mol. The quantitative estimate of drug-likeness (QED) is 0.861. The zero-order valence-electron chi connectivity index (χ0n) is 10.2. The molecule has 0 bridgehead atoms. The van der Waals surface area contributed by atoms with Crippen LogP contribution in [-0.4, -0.2) is 9.78 Å². The lowest BCUT2D eigenvalue weighted by Gasteiger charge is -2.09. The molecule has 2 aromatic rings. The molecule has 0 aliphatic rings. The van der Waals surface area contributed by atoms with E-state index in [2.05, 4.69) is 21.0 Å². The molecule has 1 aromatic carbocycles. The molecule has 0 unspecified atom stereocenters. The third kappa shape index (κ3) is 2.39. The summed E-state index contributed by atoms with van der Waals surface area (Å²) in [6, 6.07) is 4.56. The number of halogens is 2. The molecule has 0 amide bonds. The molecule has 0 saturated heterocycles. The maximum absolute atomic E-state index is 13.5. The fraction of sp³-hybridized carbons (Fsp3) is 0.167. The Bertz CT molecular complexity index is 690. The molecule has 1 aromatic heterocycles. The number of hydrogen-bond acceptors (Lipinski definition) is 4. The van der Waals surface area contributed by atoms with Crippen molar-refractivity contribution in [3.8, 4) is 17.7 Å². The van der Waals surface area contributed by atoms with E-state index < -0.39 is 5.82 Å². The van der Waals surface area contributed by atoms with Crippen molar-refractivity contribution < 1.29 is 9.13 Å². The lowest BCUT2D eigenvalue weighted by Crippen LogP contribution is -1.99. The minimum Gasteiger partial charge on any atom is -0.436 e. The van der Waals surface area contributed by atoms with E-state index in [1.807, 2.05) is 6.07 Å². The fourth-order valence-electron chi connectivity index (χ4n) is 1.62. The number of nitrogens with zero attached hydrogens (tertiary/aromatic N) is 3. The van der Waals surface area contributed by atoms with Gasteiger partial charge < -0.3 is 10.5 Å². The fourth-order valence-corrected chi connectivity index (χ4v) is 1.98. The summed E-state index contributed by atoms with van der Waals surface area (Å²) in [5.74, 6) is -0.129. The number of aryl methyl sites for hydroxylation is 2. The largest absolute Gasteiger partial charge is 0.436 e. The summed E-state index contributed by atoms with van der Waals surface area (Å²) < 4.78 is 20.7. The van der Waals surface area contributed by atoms with Crippen LogP contribution in [0.25, 0.3) is 0 Å². The van der Waals surface area contributed by atoms with E-state index in [0.29, 0.717) is 11.3 Å². The van der Waals surface area contributed by atoms with Gasteiger partial charge in [-0.2, -0.15) is 10.4 Å². The van der Waals surface area contributed by atoms with E-state index in [9.17, 15) is 4.39 Å². The van der Waals surface area contributed by atoms with Crippen LogP contribution in [0.4, 0.5) is 10.1 Å². The Balaban J connectivity index is 2.48. The molecular formula is C12H10BrFN4O. The zero-order valence-corrected chi connectivity index (χ0v) is 11.8. The highest BCUT2D eigenvalue weighted by atomic mass is 79.9. The number of nitrogen functional groups attached to an aromatic ring is 1. The molecule has 0 aliphatic heterocycles. The van der Waals surface area contributed by atoms with Gasteiger partial charge in [0.05, 0.1) is 15.9 Å². The van der Waals surface area contributed by atoms with E-state index in [4.69, 9.17) is 15.7 Å². The van der Waals surface area contributed by atoms with Crippen molar-refractivity contribution in [2.24, 2.45) is 7.05 Å². The molecule has 1 heterocycles. The Morgan fingerprint density at radius 3 is 2.84 bits per heavy atom. The number of rotatable bonds is 2. The second kappa shape index (κ2) is 4.90. The smallest absolute Gasteiger partial charge is 0.235 e. The van der Waals surface area contributed by atoms with Crippen molar-refractivity contribution in [2.75, 3.05) is 5.73 Å². The molecule has 0 saturated carbocycles. The van der Waals surface area contributed by atoms with Gasteiger partial charge in [0.25, 0.3) is 0 Å². The van der Waals surface area contributed by atoms with Gasteiger partial charge in [-0.1, -0.05) is 0 Å². The van der Waals surface area contributed by atoms with Crippen LogP contribution in [-0.2, 0) is 7.05 Å². The predicted octanol–water partition coefficient (Wildman–Crippen LogP) is 2.88. The Kier molecular flexibility index (Phi) is 3.44. The lowest BCUT2D eigenvalue weighted by molar-refractivity contribution is 0.428. The number of nitrogens with two attached hydrogens (primary N) is 1. The number of ether oxygens (including phenoxy) is 1. The van der Waals surface area contributed by atoms with Crippen LogP contribution in [0.15, 0.2) is 16.6 Å². The van der Waals surface area contributed by atoms with E-state index in [1.165, 1.54) is 10.7 Å². The summed E-state index contributed by atoms with van der Waals surface area (Å²) in [6.45, 7) is 1.69. The zero-order chi connectivity index (χ0) is 14.2. The molecule has 98 valence electrons. The summed E-state index contributed by atoms with van der Waals surface area (Å²) in [7, 11) is 1.63. The first-order valence-corrected chi connectivity index (χ1v) is 6.09. The normalized spacial score (nSPS) is 10.3. The van der Waals surface area contributed by atoms with Crippen LogP contribution >= 0.6 is 15.9 Å². The molecule has 5 nitrogen and oxygen atoms in total. The number of nitriles is 1. The molecular weight excluding hydrogens is 315 g/mol. The summed E-state index contributed by atoms with van der Waals surface area (Å²) in [5, 5.41) is 13.1. The number of anilines is 1. The van der Waals surface area contributed by atoms with Gasteiger partial charge in [0.1, 0.15) is 17.4 Å². The molecule has 0 fully saturated rings. The topological polar surface area (TPSA) is 76.9 Å². The second-order valence-electron chi connectivity index (χ2n) is 3.91. The van der Waals surface area contributed by atoms with E-state index in [-0.39, 0.29) is 21.8 Å². The van der Waals surface area contributed by atoms with Crippen LogP contribution in [0.1, 0.15) is 11.3 Å². The molecule has 0 aliphatic carbocycles. The summed E-state index contributed by atoms with van der Waals surface area (Å²) >= 11 is 3.03. The standard InChI is InChI=1S/C12H10BrFN4O/c1-6-7(5-15)12(18(2)17-6)19-11-4-9(14)8(13)3-10(11)16/h3-4H,16H2,1-2H3. The van der Waals surface area contributed by atoms with Crippen molar-refractivity contribution in [3.05, 3.63) is 33.7 Å². The molecule has 19 heavy (non-hydrogen) atoms. The van der Waals surface area contributed by atoms with Crippen LogP contribution in [0.2, 0.25) is 0 Å². The van der Waals surface area contributed by atoms with Gasteiger partial charge in [0.2, 0.25) is 5.88 Å². The van der Waals surface area contributed by atoms with Gasteiger partial charge in [0.15, 0.2) is 5.75 Å². The summed E-state index contributed by atoms with van der Waals surface area (Å²) in [6.07, 6.45) is 0. The average Bonchev–Trinajstić information content (AvgIpc) is 2.60. The summed E-state index contributed by atoms with van der Waals surface area (Å²) in [5.41, 5.74) is 6.85. The van der Waals surface area contributed by atoms with Crippen molar-refractivity contribution in [2.45, 2.75) is 6.92 Å². The molecule has 0 spiro atoms. The Morgan fingerprint density at radius 2 is 2.21 bits per heavy atom. The first-order valence-electron chi connectivity index (χ1n) is 5.30. The Hall–Kier alpha value is -2.07. The number of hydrogen-bond donors (Lipinski definition) is 1. The van der Waals surface area contributed by atoms with E-state index in [1.54, 1.807) is 14.0 Å². The highest BCUT2D eigenvalue weighted by molar-refractivity contribution is 9.10. The van der Waals surface area contributed by atoms with Crippen LogP contribution in [0.5, 0.6) is 11.6 Å². The van der Waals surface area contributed by atoms with Crippen LogP contribution < -0.4 is 10.5 Å². The van der Waals surface area contributed by atoms with Gasteiger partial charge in [0, 0.05) is 13.1 Å². The van der Waals surface area contributed by atoms with Gasteiger partial charge >= 0.3 is 0 Å². The lowest BCUT2D eigenvalue weighted by atomic mass is 10.2. The third-order valence-electron chi connectivity index (χ3n) is 2.54. The molecule has 0 radical (unpaired) electrons. The molecule has 2 N–H and O–H groups in total. The third-order valence-corrected chi connectivity index (χ3v) is 3.15. The van der Waals surface area contributed by atoms with Gasteiger partial charge in [-0.05, 0) is 28.9 Å². The number of aromatic nitrogens is 2. The van der Waals surface area contributed by atoms with E-state index in [0.717, 1.165) is 6.07 Å². The molecule has 7 heteroatoms. The van der Waals surface area contributed by atoms with Crippen molar-refractivity contribution >= 4 is 21.6 Å². The Morgan fingerprint density at radius 1 is 1.53 bits per heavy atom. The van der Waals surface area contributed by atoms with Gasteiger partial charge in [-0.15, -0.1) is 0 Å². The van der Waals surface area contributed by atoms with Crippen molar-refractivity contribution in [1.29, 1.82) is 5.26 Å². The van der Waals surface area contributed by atoms with Gasteiger partial charge in [-0.25, -0.2) is 9.07 Å². The maximum atomic E-state index is 13.5. The van der Waals surface area contributed by atoms with Crippen molar-refractivity contribution in [1.82, 2.24) is 9.78 Å². The molecule has 2 rings (SSSR count). The maximum Gasteiger partial charge on any atom is 0.235 e. The highest BCUT2D eigenvalue weighted by Crippen LogP contribution is 2.33. The van der Waals surface area contributed by atoms with Crippen LogP contribution in [0, 0.1) is 24.1 Å². The van der Waals surface area contributed by atoms with Crippen LogP contribution in [0.3, 0.4) is 0 Å². The summed E-state index contributed by atoms with van der Waals surface area (Å²) in [4.78, 5) is 0. The minimum atomic E-state index is -0.499. The van der Waals surface area contributed by atoms with Gasteiger partial charge in [-0.3, -0.25) is 0 Å².